The van der Waals surface area contributed by atoms with Gasteiger partial charge in [0.25, 0.3) is 0 Å². The Morgan fingerprint density at radius 2 is 2.00 bits per heavy atom. The van der Waals surface area contributed by atoms with Gasteiger partial charge in [-0.3, -0.25) is 14.5 Å². The molecule has 7 heteroatoms. The molecule has 1 aromatic carbocycles. The molecular weight excluding hydrogens is 392 g/mol. The number of thiazole rings is 1. The number of ether oxygens (including phenoxy) is 1. The molecule has 0 radical (unpaired) electrons. The minimum Gasteiger partial charge on any atom is -0.459 e. The predicted molar refractivity (Wildman–Crippen MR) is 113 cm³/mol. The Bertz CT molecular complexity index is 964. The average Bonchev–Trinajstić information content (AvgIpc) is 3.34. The van der Waals surface area contributed by atoms with E-state index in [1.165, 1.54) is 18.3 Å². The predicted octanol–water partition coefficient (Wildman–Crippen LogP) is 5.18. The Hall–Kier alpha value is -2.51. The first-order valence-electron chi connectivity index (χ1n) is 8.93. The van der Waals surface area contributed by atoms with Gasteiger partial charge in [-0.25, -0.2) is 4.98 Å². The highest BCUT2D eigenvalue weighted by molar-refractivity contribution is 7.14. The van der Waals surface area contributed by atoms with Crippen molar-refractivity contribution in [2.24, 2.45) is 0 Å². The second kappa shape index (κ2) is 9.12. The molecule has 5 nitrogen and oxygen atoms in total. The summed E-state index contributed by atoms with van der Waals surface area (Å²) in [5.74, 6) is -0.360. The third kappa shape index (κ3) is 4.85. The lowest BCUT2D eigenvalue weighted by Gasteiger charge is -2.21. The van der Waals surface area contributed by atoms with Crippen LogP contribution in [0.5, 0.6) is 0 Å². The van der Waals surface area contributed by atoms with Crippen LogP contribution in [0.15, 0.2) is 40.4 Å². The summed E-state index contributed by atoms with van der Waals surface area (Å²) in [6.07, 6.45) is 1.02. The van der Waals surface area contributed by atoms with E-state index >= 15 is 0 Å². The van der Waals surface area contributed by atoms with E-state index in [0.29, 0.717) is 23.7 Å². The van der Waals surface area contributed by atoms with Crippen molar-refractivity contribution in [2.75, 3.05) is 4.90 Å². The van der Waals surface area contributed by atoms with Gasteiger partial charge < -0.3 is 4.74 Å². The molecule has 0 aliphatic rings. The number of anilines is 2. The zero-order valence-corrected chi connectivity index (χ0v) is 17.7. The van der Waals surface area contributed by atoms with E-state index in [0.717, 1.165) is 22.4 Å². The third-order valence-electron chi connectivity index (χ3n) is 4.44. The summed E-state index contributed by atoms with van der Waals surface area (Å²) in [5.41, 5.74) is 4.75. The van der Waals surface area contributed by atoms with Crippen molar-refractivity contribution in [3.63, 3.8) is 0 Å². The van der Waals surface area contributed by atoms with Crippen LogP contribution in [0.1, 0.15) is 35.7 Å². The largest absolute Gasteiger partial charge is 0.459 e. The molecule has 0 aliphatic carbocycles. The van der Waals surface area contributed by atoms with Crippen molar-refractivity contribution < 1.29 is 14.3 Å². The molecule has 28 heavy (non-hydrogen) atoms. The molecule has 0 bridgehead atoms. The number of aryl methyl sites for hydroxylation is 2. The number of carbonyl (C=O) groups excluding carboxylic acids is 2. The van der Waals surface area contributed by atoms with Gasteiger partial charge in [-0.1, -0.05) is 12.1 Å². The molecule has 3 rings (SSSR count). The van der Waals surface area contributed by atoms with Crippen LogP contribution in [-0.4, -0.2) is 16.9 Å². The van der Waals surface area contributed by atoms with Crippen LogP contribution in [-0.2, 0) is 27.4 Å². The van der Waals surface area contributed by atoms with E-state index in [2.05, 4.69) is 4.98 Å². The van der Waals surface area contributed by atoms with Crippen molar-refractivity contribution in [1.82, 2.24) is 4.98 Å². The summed E-state index contributed by atoms with van der Waals surface area (Å²) < 4.78 is 5.33. The Morgan fingerprint density at radius 1 is 1.18 bits per heavy atom. The van der Waals surface area contributed by atoms with Crippen LogP contribution >= 0.6 is 22.7 Å². The van der Waals surface area contributed by atoms with Crippen LogP contribution in [0, 0.1) is 13.8 Å². The minimum atomic E-state index is -0.251. The van der Waals surface area contributed by atoms with Gasteiger partial charge in [0.1, 0.15) is 6.61 Å². The fourth-order valence-corrected chi connectivity index (χ4v) is 4.33. The van der Waals surface area contributed by atoms with E-state index in [9.17, 15) is 9.59 Å². The third-order valence-corrected chi connectivity index (χ3v) is 6.05. The van der Waals surface area contributed by atoms with Gasteiger partial charge in [0.2, 0.25) is 5.91 Å². The van der Waals surface area contributed by atoms with Crippen LogP contribution in [0.4, 0.5) is 10.8 Å². The fourth-order valence-electron chi connectivity index (χ4n) is 2.76. The summed E-state index contributed by atoms with van der Waals surface area (Å²) in [7, 11) is 0. The quantitative estimate of drug-likeness (QED) is 0.500. The van der Waals surface area contributed by atoms with Gasteiger partial charge in [-0.05, 0) is 59.9 Å². The lowest BCUT2D eigenvalue weighted by molar-refractivity contribution is -0.145. The highest BCUT2D eigenvalue weighted by Gasteiger charge is 2.20. The smallest absolute Gasteiger partial charge is 0.306 e. The Balaban J connectivity index is 1.65. The Morgan fingerprint density at radius 3 is 2.71 bits per heavy atom. The van der Waals surface area contributed by atoms with Gasteiger partial charge in [-0.2, -0.15) is 11.3 Å². The summed E-state index contributed by atoms with van der Waals surface area (Å²) in [6, 6.07) is 7.86. The number of hydrogen-bond acceptors (Lipinski definition) is 6. The molecule has 1 amide bonds. The molecule has 0 atom stereocenters. The highest BCUT2D eigenvalue weighted by atomic mass is 32.1. The maximum Gasteiger partial charge on any atom is 0.306 e. The molecule has 0 saturated carbocycles. The normalized spacial score (nSPS) is 10.7. The van der Waals surface area contributed by atoms with E-state index < -0.39 is 0 Å². The van der Waals surface area contributed by atoms with E-state index in [4.69, 9.17) is 4.74 Å². The molecule has 2 heterocycles. The van der Waals surface area contributed by atoms with Gasteiger partial charge in [0.15, 0.2) is 5.13 Å². The topological polar surface area (TPSA) is 59.5 Å². The second-order valence-electron chi connectivity index (χ2n) is 6.49. The van der Waals surface area contributed by atoms with Gasteiger partial charge in [0, 0.05) is 18.7 Å². The SMILES string of the molecule is CC(=O)N(c1nc(COC(=O)CCc2ccsc2)cs1)c1cccc(C)c1C. The van der Waals surface area contributed by atoms with Crippen molar-refractivity contribution in [2.45, 2.75) is 40.2 Å². The van der Waals surface area contributed by atoms with Crippen molar-refractivity contribution in [3.8, 4) is 0 Å². The zero-order valence-electron chi connectivity index (χ0n) is 16.1. The number of benzene rings is 1. The minimum absolute atomic E-state index is 0.109. The number of rotatable bonds is 7. The second-order valence-corrected chi connectivity index (χ2v) is 8.10. The molecule has 0 N–H and O–H groups in total. The molecule has 0 unspecified atom stereocenters. The van der Waals surface area contributed by atoms with E-state index in [-0.39, 0.29) is 18.5 Å². The van der Waals surface area contributed by atoms with Gasteiger partial charge >= 0.3 is 5.97 Å². The first kappa shape index (κ1) is 20.2. The van der Waals surface area contributed by atoms with Gasteiger partial charge in [0.05, 0.1) is 11.4 Å². The lowest BCUT2D eigenvalue weighted by atomic mass is 10.1. The summed E-state index contributed by atoms with van der Waals surface area (Å²) in [6.45, 7) is 5.63. The standard InChI is InChI=1S/C21H22N2O3S2/c1-14-5-4-6-19(15(14)2)23(16(3)24)21-22-18(13-28-21)11-26-20(25)8-7-17-9-10-27-12-17/h4-6,9-10,12-13H,7-8,11H2,1-3H3. The molecule has 146 valence electrons. The number of esters is 1. The number of aromatic nitrogens is 1. The van der Waals surface area contributed by atoms with Crippen LogP contribution in [0.25, 0.3) is 0 Å². The first-order valence-corrected chi connectivity index (χ1v) is 10.8. The van der Waals surface area contributed by atoms with Crippen molar-refractivity contribution in [1.29, 1.82) is 0 Å². The number of hydrogen-bond donors (Lipinski definition) is 0. The molecule has 3 aromatic rings. The summed E-state index contributed by atoms with van der Waals surface area (Å²) >= 11 is 2.98. The Kier molecular flexibility index (Phi) is 6.59. The number of thiophene rings is 1. The monoisotopic (exact) mass is 414 g/mol. The number of carbonyl (C=O) groups is 2. The summed E-state index contributed by atoms with van der Waals surface area (Å²) in [4.78, 5) is 30.4. The molecule has 0 aliphatic heterocycles. The summed E-state index contributed by atoms with van der Waals surface area (Å²) in [5, 5.41) is 6.42. The lowest BCUT2D eigenvalue weighted by Crippen LogP contribution is -2.23. The van der Waals surface area contributed by atoms with E-state index in [1.54, 1.807) is 16.2 Å². The average molecular weight is 415 g/mol. The molecule has 0 saturated heterocycles. The maximum absolute atomic E-state index is 12.3. The Labute approximate surface area is 172 Å². The van der Waals surface area contributed by atoms with Crippen molar-refractivity contribution >= 4 is 45.4 Å². The number of amides is 1. The molecule has 0 spiro atoms. The molecule has 2 aromatic heterocycles. The highest BCUT2D eigenvalue weighted by Crippen LogP contribution is 2.32. The van der Waals surface area contributed by atoms with Crippen LogP contribution < -0.4 is 4.90 Å². The molecular formula is C21H22N2O3S2. The molecule has 0 fully saturated rings. The van der Waals surface area contributed by atoms with Gasteiger partial charge in [-0.15, -0.1) is 11.3 Å². The maximum atomic E-state index is 12.3. The van der Waals surface area contributed by atoms with Crippen molar-refractivity contribution in [3.05, 3.63) is 62.8 Å². The van der Waals surface area contributed by atoms with E-state index in [1.807, 2.05) is 54.3 Å². The zero-order chi connectivity index (χ0) is 20.1. The van der Waals surface area contributed by atoms with Crippen LogP contribution in [0.3, 0.4) is 0 Å². The first-order chi connectivity index (χ1) is 13.5. The van der Waals surface area contributed by atoms with Crippen LogP contribution in [0.2, 0.25) is 0 Å². The fraction of sp³-hybridized carbons (Fsp3) is 0.286. The number of nitrogens with zero attached hydrogens (tertiary/aromatic N) is 2.